The van der Waals surface area contributed by atoms with Crippen molar-refractivity contribution >= 4 is 5.96 Å². The van der Waals surface area contributed by atoms with Crippen LogP contribution in [0.25, 0.3) is 0 Å². The van der Waals surface area contributed by atoms with Crippen molar-refractivity contribution in [1.82, 2.24) is 15.5 Å². The number of hydrogen-bond acceptors (Lipinski definition) is 3. The fourth-order valence-corrected chi connectivity index (χ4v) is 3.29. The average molecular weight is 322 g/mol. The summed E-state index contributed by atoms with van der Waals surface area (Å²) in [5.74, 6) is 1.68. The minimum Gasteiger partial charge on any atom is -0.381 e. The molecule has 5 heteroatoms. The molecule has 2 rings (SSSR count). The standard InChI is InChI=1S/C18H34N4O/c1-3-19-18(21-15-16-7-5-4-6-8-16)20-11-14-22-12-9-17(23-2)10-13-22/h4-5,16-17H,3,6-15H2,1-2H3,(H2,19,20,21). The van der Waals surface area contributed by atoms with Crippen molar-refractivity contribution in [2.45, 2.75) is 45.1 Å². The zero-order chi connectivity index (χ0) is 16.3. The van der Waals surface area contributed by atoms with E-state index in [2.05, 4.69) is 34.6 Å². The number of guanidine groups is 1. The van der Waals surface area contributed by atoms with Gasteiger partial charge in [-0.05, 0) is 44.9 Å². The summed E-state index contributed by atoms with van der Waals surface area (Å²) in [7, 11) is 1.82. The topological polar surface area (TPSA) is 48.9 Å². The third-order valence-electron chi connectivity index (χ3n) is 4.82. The Morgan fingerprint density at radius 1 is 1.22 bits per heavy atom. The van der Waals surface area contributed by atoms with Gasteiger partial charge in [-0.2, -0.15) is 0 Å². The number of hydrogen-bond donors (Lipinski definition) is 2. The fraction of sp³-hybridized carbons (Fsp3) is 0.833. The maximum atomic E-state index is 5.43. The zero-order valence-electron chi connectivity index (χ0n) is 14.9. The van der Waals surface area contributed by atoms with Gasteiger partial charge in [0.1, 0.15) is 0 Å². The predicted molar refractivity (Wildman–Crippen MR) is 96.9 cm³/mol. The van der Waals surface area contributed by atoms with Crippen molar-refractivity contribution in [3.63, 3.8) is 0 Å². The van der Waals surface area contributed by atoms with Crippen LogP contribution in [-0.2, 0) is 4.74 Å². The number of methoxy groups -OCH3 is 1. The Balaban J connectivity index is 1.66. The SMILES string of the molecule is CCNC(=NCC1CC=CCC1)NCCN1CCC(OC)CC1. The normalized spacial score (nSPS) is 23.9. The second kappa shape index (κ2) is 10.7. The molecule has 0 spiro atoms. The summed E-state index contributed by atoms with van der Waals surface area (Å²) in [6.07, 6.45) is 11.0. The molecule has 1 atom stereocenters. The highest BCUT2D eigenvalue weighted by atomic mass is 16.5. The first kappa shape index (κ1) is 18.3. The second-order valence-corrected chi connectivity index (χ2v) is 6.57. The summed E-state index contributed by atoms with van der Waals surface area (Å²) in [5, 5.41) is 6.84. The van der Waals surface area contributed by atoms with E-state index >= 15 is 0 Å². The van der Waals surface area contributed by atoms with E-state index in [9.17, 15) is 0 Å². The van der Waals surface area contributed by atoms with Gasteiger partial charge in [-0.3, -0.25) is 4.99 Å². The van der Waals surface area contributed by atoms with Gasteiger partial charge in [0.2, 0.25) is 0 Å². The lowest BCUT2D eigenvalue weighted by Gasteiger charge is -2.31. The van der Waals surface area contributed by atoms with Gasteiger partial charge in [0, 0.05) is 46.4 Å². The summed E-state index contributed by atoms with van der Waals surface area (Å²) in [6, 6.07) is 0. The van der Waals surface area contributed by atoms with Gasteiger partial charge in [-0.15, -0.1) is 0 Å². The van der Waals surface area contributed by atoms with E-state index in [-0.39, 0.29) is 0 Å². The van der Waals surface area contributed by atoms with Crippen molar-refractivity contribution in [3.8, 4) is 0 Å². The average Bonchev–Trinajstić information content (AvgIpc) is 2.61. The lowest BCUT2D eigenvalue weighted by Crippen LogP contribution is -2.44. The molecule has 1 fully saturated rings. The van der Waals surface area contributed by atoms with Crippen LogP contribution in [0.3, 0.4) is 0 Å². The number of allylic oxidation sites excluding steroid dienone is 2. The summed E-state index contributed by atoms with van der Waals surface area (Å²) >= 11 is 0. The third-order valence-corrected chi connectivity index (χ3v) is 4.82. The van der Waals surface area contributed by atoms with Gasteiger partial charge < -0.3 is 20.3 Å². The van der Waals surface area contributed by atoms with E-state index in [4.69, 9.17) is 9.73 Å². The van der Waals surface area contributed by atoms with Crippen LogP contribution >= 0.6 is 0 Å². The molecule has 1 heterocycles. The van der Waals surface area contributed by atoms with Gasteiger partial charge in [0.05, 0.1) is 6.10 Å². The van der Waals surface area contributed by atoms with E-state index < -0.39 is 0 Å². The molecule has 1 aliphatic heterocycles. The maximum Gasteiger partial charge on any atom is 0.191 e. The highest BCUT2D eigenvalue weighted by molar-refractivity contribution is 5.79. The Morgan fingerprint density at radius 3 is 2.70 bits per heavy atom. The molecule has 0 bridgehead atoms. The molecule has 2 N–H and O–H groups in total. The summed E-state index contributed by atoms with van der Waals surface area (Å²) in [4.78, 5) is 7.28. The van der Waals surface area contributed by atoms with Crippen LogP contribution in [0.4, 0.5) is 0 Å². The molecule has 1 saturated heterocycles. The van der Waals surface area contributed by atoms with Crippen molar-refractivity contribution in [2.75, 3.05) is 46.4 Å². The van der Waals surface area contributed by atoms with Crippen LogP contribution in [0.1, 0.15) is 39.0 Å². The first-order valence-electron chi connectivity index (χ1n) is 9.24. The summed E-state index contributed by atoms with van der Waals surface area (Å²) in [6.45, 7) is 8.27. The number of nitrogens with one attached hydrogen (secondary N) is 2. The molecule has 1 aliphatic carbocycles. The van der Waals surface area contributed by atoms with Crippen molar-refractivity contribution < 1.29 is 4.74 Å². The number of likely N-dealkylation sites (tertiary alicyclic amines) is 1. The molecule has 5 nitrogen and oxygen atoms in total. The van der Waals surface area contributed by atoms with E-state index in [1.165, 1.54) is 19.3 Å². The van der Waals surface area contributed by atoms with Crippen LogP contribution in [-0.4, -0.2) is 63.3 Å². The van der Waals surface area contributed by atoms with Crippen molar-refractivity contribution in [3.05, 3.63) is 12.2 Å². The van der Waals surface area contributed by atoms with Crippen LogP contribution in [0.15, 0.2) is 17.1 Å². The first-order valence-corrected chi connectivity index (χ1v) is 9.24. The highest BCUT2D eigenvalue weighted by Crippen LogP contribution is 2.18. The molecular formula is C18H34N4O. The molecule has 0 aromatic heterocycles. The van der Waals surface area contributed by atoms with Gasteiger partial charge in [0.25, 0.3) is 0 Å². The van der Waals surface area contributed by atoms with E-state index in [1.54, 1.807) is 0 Å². The van der Waals surface area contributed by atoms with E-state index in [0.29, 0.717) is 12.0 Å². The quantitative estimate of drug-likeness (QED) is 0.428. The Morgan fingerprint density at radius 2 is 2.04 bits per heavy atom. The molecular weight excluding hydrogens is 288 g/mol. The Kier molecular flexibility index (Phi) is 8.47. The minimum atomic E-state index is 0.461. The molecule has 1 unspecified atom stereocenters. The number of aliphatic imine (C=N–C) groups is 1. The lowest BCUT2D eigenvalue weighted by atomic mass is 9.95. The number of piperidine rings is 1. The zero-order valence-corrected chi connectivity index (χ0v) is 14.9. The van der Waals surface area contributed by atoms with Crippen molar-refractivity contribution in [2.24, 2.45) is 10.9 Å². The smallest absolute Gasteiger partial charge is 0.191 e. The maximum absolute atomic E-state index is 5.43. The molecule has 0 aromatic carbocycles. The lowest BCUT2D eigenvalue weighted by molar-refractivity contribution is 0.0417. The molecule has 0 aromatic rings. The van der Waals surface area contributed by atoms with E-state index in [1.807, 2.05) is 7.11 Å². The van der Waals surface area contributed by atoms with Crippen LogP contribution in [0.2, 0.25) is 0 Å². The first-order chi connectivity index (χ1) is 11.3. The molecule has 0 radical (unpaired) electrons. The summed E-state index contributed by atoms with van der Waals surface area (Å²) < 4.78 is 5.43. The van der Waals surface area contributed by atoms with Crippen LogP contribution in [0, 0.1) is 5.92 Å². The number of nitrogens with zero attached hydrogens (tertiary/aromatic N) is 2. The Labute approximate surface area is 141 Å². The van der Waals surface area contributed by atoms with Gasteiger partial charge in [-0.1, -0.05) is 12.2 Å². The molecule has 132 valence electrons. The molecule has 23 heavy (non-hydrogen) atoms. The second-order valence-electron chi connectivity index (χ2n) is 6.57. The minimum absolute atomic E-state index is 0.461. The van der Waals surface area contributed by atoms with Crippen LogP contribution in [0.5, 0.6) is 0 Å². The number of rotatable bonds is 7. The Bertz CT molecular complexity index is 375. The molecule has 0 saturated carbocycles. The Hall–Kier alpha value is -1.07. The molecule has 0 amide bonds. The largest absolute Gasteiger partial charge is 0.381 e. The fourth-order valence-electron chi connectivity index (χ4n) is 3.29. The third kappa shape index (κ3) is 6.92. The number of ether oxygens (including phenoxy) is 1. The predicted octanol–water partition coefficient (Wildman–Crippen LogP) is 2.01. The summed E-state index contributed by atoms with van der Waals surface area (Å²) in [5.41, 5.74) is 0. The van der Waals surface area contributed by atoms with Gasteiger partial charge in [-0.25, -0.2) is 0 Å². The van der Waals surface area contributed by atoms with E-state index in [0.717, 1.165) is 58.1 Å². The van der Waals surface area contributed by atoms with Gasteiger partial charge >= 0.3 is 0 Å². The van der Waals surface area contributed by atoms with Crippen LogP contribution < -0.4 is 10.6 Å². The van der Waals surface area contributed by atoms with Crippen molar-refractivity contribution in [1.29, 1.82) is 0 Å². The van der Waals surface area contributed by atoms with Gasteiger partial charge in [0.15, 0.2) is 5.96 Å². The highest BCUT2D eigenvalue weighted by Gasteiger charge is 2.18. The monoisotopic (exact) mass is 322 g/mol. The molecule has 2 aliphatic rings.